The van der Waals surface area contributed by atoms with Crippen molar-refractivity contribution in [3.63, 3.8) is 0 Å². The smallest absolute Gasteiger partial charge is 0.309 e. The van der Waals surface area contributed by atoms with Crippen LogP contribution in [0.15, 0.2) is 24.3 Å². The minimum absolute atomic E-state index is 0.313. The fraction of sp³-hybridized carbons (Fsp3) is 0.562. The number of benzene rings is 1. The molecule has 0 spiro atoms. The van der Waals surface area contributed by atoms with Gasteiger partial charge in [-0.1, -0.05) is 12.1 Å². The van der Waals surface area contributed by atoms with Gasteiger partial charge in [-0.25, -0.2) is 0 Å². The van der Waals surface area contributed by atoms with E-state index in [1.54, 1.807) is 21.0 Å². The van der Waals surface area contributed by atoms with Crippen molar-refractivity contribution < 1.29 is 14.6 Å². The molecule has 0 saturated carbocycles. The largest absolute Gasteiger partial charge is 0.497 e. The maximum absolute atomic E-state index is 11.0. The van der Waals surface area contributed by atoms with E-state index in [4.69, 9.17) is 9.84 Å². The molecule has 0 bridgehead atoms. The highest BCUT2D eigenvalue weighted by Crippen LogP contribution is 2.19. The first kappa shape index (κ1) is 16.5. The number of rotatable bonds is 8. The lowest BCUT2D eigenvalue weighted by molar-refractivity contribution is -0.147. The second-order valence-corrected chi connectivity index (χ2v) is 5.85. The van der Waals surface area contributed by atoms with E-state index < -0.39 is 11.4 Å². The van der Waals surface area contributed by atoms with Gasteiger partial charge in [0.2, 0.25) is 0 Å². The molecule has 2 N–H and O–H groups in total. The summed E-state index contributed by atoms with van der Waals surface area (Å²) in [6, 6.07) is 8.33. The predicted molar refractivity (Wildman–Crippen MR) is 80.2 cm³/mol. The molecular weight excluding hydrogens is 254 g/mol. The molecule has 0 radical (unpaired) electrons. The zero-order valence-corrected chi connectivity index (χ0v) is 12.8. The van der Waals surface area contributed by atoms with E-state index in [9.17, 15) is 4.79 Å². The number of aliphatic carboxylic acids is 1. The molecule has 0 aliphatic heterocycles. The normalized spacial score (nSPS) is 13.0. The highest BCUT2D eigenvalue weighted by atomic mass is 16.5. The molecule has 1 rings (SSSR count). The fourth-order valence-corrected chi connectivity index (χ4v) is 1.93. The third-order valence-electron chi connectivity index (χ3n) is 3.52. The molecule has 4 heteroatoms. The molecule has 1 unspecified atom stereocenters. The van der Waals surface area contributed by atoms with E-state index in [1.807, 2.05) is 12.1 Å². The first-order valence-corrected chi connectivity index (χ1v) is 6.95. The van der Waals surface area contributed by atoms with Gasteiger partial charge in [-0.3, -0.25) is 4.79 Å². The number of hydrogen-bond donors (Lipinski definition) is 2. The van der Waals surface area contributed by atoms with Gasteiger partial charge >= 0.3 is 5.97 Å². The molecule has 0 aliphatic carbocycles. The molecule has 0 amide bonds. The zero-order chi connectivity index (χ0) is 15.2. The summed E-state index contributed by atoms with van der Waals surface area (Å²) in [6.07, 6.45) is 1.53. The third-order valence-corrected chi connectivity index (χ3v) is 3.52. The molecule has 112 valence electrons. The summed E-state index contributed by atoms with van der Waals surface area (Å²) in [5, 5.41) is 12.4. The standard InChI is InChI=1S/C16H25NO3/c1-12(17-10-9-16(2,3)15(18)19)11-13-5-7-14(20-4)8-6-13/h5-8,12,17H,9-11H2,1-4H3,(H,18,19). The number of nitrogens with one attached hydrogen (secondary N) is 1. The summed E-state index contributed by atoms with van der Waals surface area (Å²) in [5.41, 5.74) is 0.565. The van der Waals surface area contributed by atoms with Crippen LogP contribution in [0.5, 0.6) is 5.75 Å². The first-order valence-electron chi connectivity index (χ1n) is 6.95. The Morgan fingerprint density at radius 3 is 2.45 bits per heavy atom. The quantitative estimate of drug-likeness (QED) is 0.768. The molecule has 0 aliphatic rings. The third kappa shape index (κ3) is 5.21. The lowest BCUT2D eigenvalue weighted by Gasteiger charge is -2.21. The van der Waals surface area contributed by atoms with E-state index in [0.29, 0.717) is 19.0 Å². The number of hydrogen-bond acceptors (Lipinski definition) is 3. The minimum atomic E-state index is -0.748. The van der Waals surface area contributed by atoms with Crippen LogP contribution in [0.2, 0.25) is 0 Å². The van der Waals surface area contributed by atoms with Gasteiger partial charge in [-0.15, -0.1) is 0 Å². The Morgan fingerprint density at radius 1 is 1.35 bits per heavy atom. The number of methoxy groups -OCH3 is 1. The summed E-state index contributed by atoms with van der Waals surface area (Å²) in [5.74, 6) is 0.111. The predicted octanol–water partition coefficient (Wildman–Crippen LogP) is 2.72. The highest BCUT2D eigenvalue weighted by Gasteiger charge is 2.26. The van der Waals surface area contributed by atoms with Crippen LogP contribution in [0.1, 0.15) is 32.8 Å². The van der Waals surface area contributed by atoms with Crippen LogP contribution >= 0.6 is 0 Å². The fourth-order valence-electron chi connectivity index (χ4n) is 1.93. The topological polar surface area (TPSA) is 58.6 Å². The Labute approximate surface area is 121 Å². The summed E-state index contributed by atoms with van der Waals surface area (Å²) in [7, 11) is 1.66. The first-order chi connectivity index (χ1) is 9.35. The van der Waals surface area contributed by atoms with E-state index in [2.05, 4.69) is 24.4 Å². The van der Waals surface area contributed by atoms with Crippen molar-refractivity contribution in [2.45, 2.75) is 39.7 Å². The van der Waals surface area contributed by atoms with Crippen molar-refractivity contribution in [2.75, 3.05) is 13.7 Å². The number of carboxylic acids is 1. The van der Waals surface area contributed by atoms with Gasteiger partial charge < -0.3 is 15.2 Å². The number of ether oxygens (including phenoxy) is 1. The molecule has 0 aromatic heterocycles. The second kappa shape index (κ2) is 7.29. The summed E-state index contributed by atoms with van der Waals surface area (Å²) < 4.78 is 5.13. The monoisotopic (exact) mass is 279 g/mol. The molecule has 0 heterocycles. The molecule has 0 fully saturated rings. The van der Waals surface area contributed by atoms with Crippen molar-refractivity contribution in [3.8, 4) is 5.75 Å². The lowest BCUT2D eigenvalue weighted by atomic mass is 9.89. The highest BCUT2D eigenvalue weighted by molar-refractivity contribution is 5.73. The van der Waals surface area contributed by atoms with Gasteiger partial charge in [0.05, 0.1) is 12.5 Å². The Kier molecular flexibility index (Phi) is 6.02. The number of carboxylic acid groups (broad SMARTS) is 1. The van der Waals surface area contributed by atoms with Gasteiger partial charge in [0.1, 0.15) is 5.75 Å². The van der Waals surface area contributed by atoms with Crippen LogP contribution in [-0.2, 0) is 11.2 Å². The van der Waals surface area contributed by atoms with Gasteiger partial charge in [0.25, 0.3) is 0 Å². The van der Waals surface area contributed by atoms with Gasteiger partial charge in [0.15, 0.2) is 0 Å². The van der Waals surface area contributed by atoms with Crippen molar-refractivity contribution in [1.29, 1.82) is 0 Å². The molecule has 4 nitrogen and oxygen atoms in total. The molecule has 1 atom stereocenters. The van der Waals surface area contributed by atoms with Crippen LogP contribution in [0, 0.1) is 5.41 Å². The van der Waals surface area contributed by atoms with Crippen molar-refractivity contribution >= 4 is 5.97 Å². The van der Waals surface area contributed by atoms with Crippen molar-refractivity contribution in [2.24, 2.45) is 5.41 Å². The molecule has 1 aromatic rings. The van der Waals surface area contributed by atoms with Gasteiger partial charge in [0, 0.05) is 6.04 Å². The van der Waals surface area contributed by atoms with Gasteiger partial charge in [-0.2, -0.15) is 0 Å². The average Bonchev–Trinajstić information content (AvgIpc) is 2.39. The van der Waals surface area contributed by atoms with Crippen molar-refractivity contribution in [1.82, 2.24) is 5.32 Å². The Morgan fingerprint density at radius 2 is 1.95 bits per heavy atom. The summed E-state index contributed by atoms with van der Waals surface area (Å²) in [4.78, 5) is 11.0. The van der Waals surface area contributed by atoms with Crippen LogP contribution in [0.25, 0.3) is 0 Å². The van der Waals surface area contributed by atoms with E-state index in [1.165, 1.54) is 5.56 Å². The Bertz CT molecular complexity index is 426. The Hall–Kier alpha value is -1.55. The van der Waals surface area contributed by atoms with E-state index in [-0.39, 0.29) is 0 Å². The Balaban J connectivity index is 2.36. The number of carbonyl (C=O) groups is 1. The van der Waals surface area contributed by atoms with Crippen LogP contribution in [-0.4, -0.2) is 30.8 Å². The van der Waals surface area contributed by atoms with Crippen LogP contribution < -0.4 is 10.1 Å². The molecule has 20 heavy (non-hydrogen) atoms. The molecule has 1 aromatic carbocycles. The van der Waals surface area contributed by atoms with E-state index in [0.717, 1.165) is 12.2 Å². The minimum Gasteiger partial charge on any atom is -0.497 e. The molecular formula is C16H25NO3. The van der Waals surface area contributed by atoms with Crippen LogP contribution in [0.3, 0.4) is 0 Å². The zero-order valence-electron chi connectivity index (χ0n) is 12.8. The summed E-state index contributed by atoms with van der Waals surface area (Å²) in [6.45, 7) is 6.32. The van der Waals surface area contributed by atoms with E-state index >= 15 is 0 Å². The average molecular weight is 279 g/mol. The summed E-state index contributed by atoms with van der Waals surface area (Å²) >= 11 is 0. The maximum Gasteiger partial charge on any atom is 0.309 e. The molecule has 0 saturated heterocycles. The second-order valence-electron chi connectivity index (χ2n) is 5.85. The maximum atomic E-state index is 11.0. The van der Waals surface area contributed by atoms with Crippen LogP contribution in [0.4, 0.5) is 0 Å². The SMILES string of the molecule is COc1ccc(CC(C)NCCC(C)(C)C(=O)O)cc1. The lowest BCUT2D eigenvalue weighted by Crippen LogP contribution is -2.34. The van der Waals surface area contributed by atoms with Crippen molar-refractivity contribution in [3.05, 3.63) is 29.8 Å². The van der Waals surface area contributed by atoms with Gasteiger partial charge in [-0.05, 0) is 57.9 Å².